The Labute approximate surface area is 172 Å². The highest BCUT2D eigenvalue weighted by atomic mass is 35.5. The lowest BCUT2D eigenvalue weighted by atomic mass is 10.1. The first-order chi connectivity index (χ1) is 12.9. The maximum absolute atomic E-state index is 13.1. The lowest BCUT2D eigenvalue weighted by Crippen LogP contribution is -2.40. The maximum atomic E-state index is 13.1. The third-order valence-corrected chi connectivity index (χ3v) is 10.4. The molecule has 0 amide bonds. The topological polar surface area (TPSA) is 34.1 Å². The third-order valence-electron chi connectivity index (χ3n) is 5.11. The normalized spacial score (nSPS) is 13.0. The molecular formula is C20H27Cl2FN2OSi. The van der Waals surface area contributed by atoms with Gasteiger partial charge in [0.25, 0.3) is 0 Å². The number of halogens is 3. The Balaban J connectivity index is 2.20. The summed E-state index contributed by atoms with van der Waals surface area (Å²) in [5, 5.41) is 4.44. The SMILES string of the molecule is CC[Si](CC)(CC)OC(CNCc1ccc(F)cc1)c1c(Cl)cncc1Cl. The highest BCUT2D eigenvalue weighted by Gasteiger charge is 2.34. The van der Waals surface area contributed by atoms with Crippen molar-refractivity contribution in [2.24, 2.45) is 0 Å². The van der Waals surface area contributed by atoms with Gasteiger partial charge in [-0.3, -0.25) is 4.98 Å². The minimum atomic E-state index is -1.87. The van der Waals surface area contributed by atoms with Gasteiger partial charge in [0.05, 0.1) is 16.1 Å². The fourth-order valence-corrected chi connectivity index (χ4v) is 6.60. The maximum Gasteiger partial charge on any atom is 0.192 e. The van der Waals surface area contributed by atoms with E-state index in [2.05, 4.69) is 31.1 Å². The van der Waals surface area contributed by atoms with Crippen molar-refractivity contribution in [3.63, 3.8) is 0 Å². The third kappa shape index (κ3) is 6.00. The van der Waals surface area contributed by atoms with E-state index in [9.17, 15) is 4.39 Å². The van der Waals surface area contributed by atoms with E-state index in [0.717, 1.165) is 29.3 Å². The minimum Gasteiger partial charge on any atom is -0.409 e. The predicted molar refractivity (Wildman–Crippen MR) is 113 cm³/mol. The predicted octanol–water partition coefficient (Wildman–Crippen LogP) is 6.38. The molecule has 1 N–H and O–H groups in total. The van der Waals surface area contributed by atoms with Crippen molar-refractivity contribution >= 4 is 31.5 Å². The molecule has 0 bridgehead atoms. The summed E-state index contributed by atoms with van der Waals surface area (Å²) in [4.78, 5) is 4.06. The molecule has 1 atom stereocenters. The van der Waals surface area contributed by atoms with Crippen LogP contribution in [-0.2, 0) is 11.0 Å². The number of nitrogens with one attached hydrogen (secondary N) is 1. The van der Waals surface area contributed by atoms with E-state index in [1.54, 1.807) is 24.5 Å². The molecule has 1 aromatic heterocycles. The first kappa shape index (κ1) is 22.3. The Morgan fingerprint density at radius 1 is 1.04 bits per heavy atom. The Hall–Kier alpha value is -0.983. The fourth-order valence-electron chi connectivity index (χ4n) is 3.18. The van der Waals surface area contributed by atoms with Gasteiger partial charge in [-0.05, 0) is 35.8 Å². The number of benzene rings is 1. The first-order valence-electron chi connectivity index (χ1n) is 9.36. The molecule has 1 unspecified atom stereocenters. The van der Waals surface area contributed by atoms with E-state index in [-0.39, 0.29) is 11.9 Å². The zero-order chi connectivity index (χ0) is 19.9. The Bertz CT molecular complexity index is 698. The van der Waals surface area contributed by atoms with Gasteiger partial charge in [0, 0.05) is 31.0 Å². The summed E-state index contributed by atoms with van der Waals surface area (Å²) in [7, 11) is -1.87. The van der Waals surface area contributed by atoms with Crippen molar-refractivity contribution in [3.05, 3.63) is 63.6 Å². The van der Waals surface area contributed by atoms with Crippen LogP contribution >= 0.6 is 23.2 Å². The standard InChI is InChI=1S/C20H27Cl2FN2OSi/c1-4-27(5-2,6-3)26-19(20-17(21)12-25-13-18(20)22)14-24-11-15-7-9-16(23)10-8-15/h7-10,12-13,19,24H,4-6,11,14H2,1-3H3. The van der Waals surface area contributed by atoms with Gasteiger partial charge in [-0.25, -0.2) is 4.39 Å². The summed E-state index contributed by atoms with van der Waals surface area (Å²) in [6, 6.07) is 9.58. The lowest BCUT2D eigenvalue weighted by Gasteiger charge is -2.34. The monoisotopic (exact) mass is 428 g/mol. The molecule has 3 nitrogen and oxygen atoms in total. The number of rotatable bonds is 10. The smallest absolute Gasteiger partial charge is 0.192 e. The molecule has 7 heteroatoms. The number of nitrogens with zero attached hydrogens (tertiary/aromatic N) is 1. The van der Waals surface area contributed by atoms with Gasteiger partial charge in [0.1, 0.15) is 5.82 Å². The van der Waals surface area contributed by atoms with Gasteiger partial charge >= 0.3 is 0 Å². The minimum absolute atomic E-state index is 0.236. The number of aromatic nitrogens is 1. The fraction of sp³-hybridized carbons (Fsp3) is 0.450. The summed E-state index contributed by atoms with van der Waals surface area (Å²) in [5.74, 6) is -0.236. The Morgan fingerprint density at radius 2 is 1.59 bits per heavy atom. The second kappa shape index (κ2) is 10.5. The molecule has 2 rings (SSSR count). The van der Waals surface area contributed by atoms with Gasteiger partial charge in [0.2, 0.25) is 0 Å². The highest BCUT2D eigenvalue weighted by molar-refractivity contribution is 6.73. The molecule has 0 aliphatic carbocycles. The molecule has 0 aliphatic heterocycles. The van der Waals surface area contributed by atoms with Gasteiger partial charge < -0.3 is 9.74 Å². The van der Waals surface area contributed by atoms with Crippen LogP contribution in [0.3, 0.4) is 0 Å². The van der Waals surface area contributed by atoms with Crippen molar-refractivity contribution in [2.75, 3.05) is 6.54 Å². The van der Waals surface area contributed by atoms with Crippen LogP contribution in [0.25, 0.3) is 0 Å². The molecule has 0 radical (unpaired) electrons. The summed E-state index contributed by atoms with van der Waals surface area (Å²) < 4.78 is 19.8. The van der Waals surface area contributed by atoms with E-state index >= 15 is 0 Å². The molecule has 27 heavy (non-hydrogen) atoms. The van der Waals surface area contributed by atoms with Crippen molar-refractivity contribution in [2.45, 2.75) is 51.6 Å². The van der Waals surface area contributed by atoms with Crippen LogP contribution in [-0.4, -0.2) is 19.8 Å². The van der Waals surface area contributed by atoms with Gasteiger partial charge in [-0.1, -0.05) is 56.1 Å². The molecule has 0 saturated carbocycles. The van der Waals surface area contributed by atoms with Gasteiger partial charge in [-0.15, -0.1) is 0 Å². The van der Waals surface area contributed by atoms with Crippen molar-refractivity contribution in [3.8, 4) is 0 Å². The number of pyridine rings is 1. The first-order valence-corrected chi connectivity index (χ1v) is 12.6. The van der Waals surface area contributed by atoms with Crippen molar-refractivity contribution in [1.82, 2.24) is 10.3 Å². The van der Waals surface area contributed by atoms with Crippen LogP contribution < -0.4 is 5.32 Å². The van der Waals surface area contributed by atoms with E-state index in [1.165, 1.54) is 12.1 Å². The molecule has 0 saturated heterocycles. The summed E-state index contributed by atoms with van der Waals surface area (Å²) >= 11 is 12.8. The van der Waals surface area contributed by atoms with E-state index in [0.29, 0.717) is 23.1 Å². The molecule has 0 spiro atoms. The largest absolute Gasteiger partial charge is 0.409 e. The Kier molecular flexibility index (Phi) is 8.70. The number of hydrogen-bond donors (Lipinski definition) is 1. The average Bonchev–Trinajstić information content (AvgIpc) is 2.67. The van der Waals surface area contributed by atoms with Gasteiger partial charge in [-0.2, -0.15) is 0 Å². The van der Waals surface area contributed by atoms with E-state index < -0.39 is 8.32 Å². The zero-order valence-corrected chi connectivity index (χ0v) is 18.6. The lowest BCUT2D eigenvalue weighted by molar-refractivity contribution is 0.186. The second-order valence-electron chi connectivity index (χ2n) is 6.62. The van der Waals surface area contributed by atoms with E-state index in [1.807, 2.05) is 0 Å². The zero-order valence-electron chi connectivity index (χ0n) is 16.1. The summed E-state index contributed by atoms with van der Waals surface area (Å²) in [5.41, 5.74) is 1.79. The molecule has 148 valence electrons. The van der Waals surface area contributed by atoms with Crippen molar-refractivity contribution in [1.29, 1.82) is 0 Å². The molecule has 0 fully saturated rings. The second-order valence-corrected chi connectivity index (χ2v) is 12.2. The molecular weight excluding hydrogens is 402 g/mol. The van der Waals surface area contributed by atoms with Crippen LogP contribution in [0.5, 0.6) is 0 Å². The number of hydrogen-bond acceptors (Lipinski definition) is 3. The molecule has 0 aliphatic rings. The van der Waals surface area contributed by atoms with Crippen LogP contribution in [0.4, 0.5) is 4.39 Å². The van der Waals surface area contributed by atoms with Crippen LogP contribution in [0.2, 0.25) is 28.2 Å². The molecule has 2 aromatic rings. The van der Waals surface area contributed by atoms with Crippen molar-refractivity contribution < 1.29 is 8.82 Å². The van der Waals surface area contributed by atoms with Crippen LogP contribution in [0, 0.1) is 5.82 Å². The molecule has 1 aromatic carbocycles. The highest BCUT2D eigenvalue weighted by Crippen LogP contribution is 2.36. The van der Waals surface area contributed by atoms with Crippen LogP contribution in [0.15, 0.2) is 36.7 Å². The van der Waals surface area contributed by atoms with Gasteiger partial charge in [0.15, 0.2) is 8.32 Å². The van der Waals surface area contributed by atoms with E-state index in [4.69, 9.17) is 27.6 Å². The summed E-state index contributed by atoms with van der Waals surface area (Å²) in [6.07, 6.45) is 2.96. The quantitative estimate of drug-likeness (QED) is 0.445. The Morgan fingerprint density at radius 3 is 2.11 bits per heavy atom. The van der Waals surface area contributed by atoms with Crippen LogP contribution in [0.1, 0.15) is 38.0 Å². The average molecular weight is 429 g/mol. The molecule has 1 heterocycles. The summed E-state index contributed by atoms with van der Waals surface area (Å²) in [6.45, 7) is 7.75.